The molecular weight excluding hydrogens is 280 g/mol. The lowest BCUT2D eigenvalue weighted by Crippen LogP contribution is -2.27. The third-order valence-corrected chi connectivity index (χ3v) is 4.71. The van der Waals surface area contributed by atoms with Crippen LogP contribution in [0.25, 0.3) is 0 Å². The Hall–Kier alpha value is -0.960. The Morgan fingerprint density at radius 1 is 1.50 bits per heavy atom. The van der Waals surface area contributed by atoms with Crippen LogP contribution in [0, 0.1) is 0 Å². The Morgan fingerprint density at radius 2 is 2.35 bits per heavy atom. The number of ether oxygens (including phenoxy) is 1. The number of aromatic nitrogens is 2. The third kappa shape index (κ3) is 4.27. The average molecular weight is 302 g/mol. The van der Waals surface area contributed by atoms with Gasteiger partial charge in [0.15, 0.2) is 0 Å². The van der Waals surface area contributed by atoms with Crippen LogP contribution < -0.4 is 10.0 Å². The second-order valence-electron chi connectivity index (χ2n) is 4.86. The zero-order chi connectivity index (χ0) is 14.4. The van der Waals surface area contributed by atoms with Gasteiger partial charge in [0.1, 0.15) is 4.90 Å². The summed E-state index contributed by atoms with van der Waals surface area (Å²) in [4.78, 5) is 0.209. The molecule has 1 aromatic rings. The molecule has 1 unspecified atom stereocenters. The highest BCUT2D eigenvalue weighted by Gasteiger charge is 2.19. The topological polar surface area (TPSA) is 85.2 Å². The van der Waals surface area contributed by atoms with Crippen LogP contribution in [0.2, 0.25) is 0 Å². The fourth-order valence-corrected chi connectivity index (χ4v) is 3.14. The normalized spacial score (nSPS) is 19.6. The molecule has 2 heterocycles. The van der Waals surface area contributed by atoms with Gasteiger partial charge >= 0.3 is 0 Å². The number of hydrogen-bond donors (Lipinski definition) is 2. The van der Waals surface area contributed by atoms with Crippen molar-refractivity contribution in [3.8, 4) is 0 Å². The number of nitrogens with zero attached hydrogens (tertiary/aromatic N) is 2. The predicted molar refractivity (Wildman–Crippen MR) is 74.9 cm³/mol. The van der Waals surface area contributed by atoms with E-state index in [2.05, 4.69) is 15.1 Å². The highest BCUT2D eigenvalue weighted by molar-refractivity contribution is 7.89. The fraction of sp³-hybridized carbons (Fsp3) is 0.750. The molecular formula is C12H22N4O3S. The van der Waals surface area contributed by atoms with Crippen molar-refractivity contribution in [2.24, 2.45) is 0 Å². The first-order chi connectivity index (χ1) is 9.62. The van der Waals surface area contributed by atoms with Crippen molar-refractivity contribution in [1.29, 1.82) is 0 Å². The van der Waals surface area contributed by atoms with Gasteiger partial charge in [0.05, 0.1) is 18.8 Å². The Balaban J connectivity index is 1.83. The maximum atomic E-state index is 12.1. The molecule has 0 amide bonds. The summed E-state index contributed by atoms with van der Waals surface area (Å²) in [5.74, 6) is 0. The van der Waals surface area contributed by atoms with Gasteiger partial charge in [0.25, 0.3) is 0 Å². The van der Waals surface area contributed by atoms with E-state index in [0.29, 0.717) is 19.5 Å². The molecule has 20 heavy (non-hydrogen) atoms. The van der Waals surface area contributed by atoms with Crippen LogP contribution in [0.5, 0.6) is 0 Å². The quantitative estimate of drug-likeness (QED) is 0.703. The highest BCUT2D eigenvalue weighted by atomic mass is 32.2. The first kappa shape index (κ1) is 15.4. The summed E-state index contributed by atoms with van der Waals surface area (Å²) in [6, 6.07) is 0. The van der Waals surface area contributed by atoms with E-state index in [-0.39, 0.29) is 11.0 Å². The molecule has 7 nitrogen and oxygen atoms in total. The molecule has 1 atom stereocenters. The van der Waals surface area contributed by atoms with Gasteiger partial charge < -0.3 is 10.1 Å². The molecule has 1 saturated heterocycles. The van der Waals surface area contributed by atoms with E-state index in [1.807, 2.05) is 7.05 Å². The van der Waals surface area contributed by atoms with Crippen molar-refractivity contribution < 1.29 is 13.2 Å². The Bertz CT molecular complexity index is 509. The van der Waals surface area contributed by atoms with Crippen LogP contribution in [-0.4, -0.2) is 51.0 Å². The van der Waals surface area contributed by atoms with E-state index in [9.17, 15) is 8.42 Å². The lowest BCUT2D eigenvalue weighted by molar-refractivity contribution is 0.105. The van der Waals surface area contributed by atoms with Gasteiger partial charge in [-0.3, -0.25) is 4.68 Å². The summed E-state index contributed by atoms with van der Waals surface area (Å²) in [6.45, 7) is 2.57. The molecule has 1 aromatic heterocycles. The summed E-state index contributed by atoms with van der Waals surface area (Å²) < 4.78 is 33.8. The average Bonchev–Trinajstić information content (AvgIpc) is 3.07. The Morgan fingerprint density at radius 3 is 3.05 bits per heavy atom. The number of rotatable bonds is 8. The minimum atomic E-state index is -3.47. The number of nitrogens with one attached hydrogen (secondary N) is 2. The summed E-state index contributed by atoms with van der Waals surface area (Å²) >= 11 is 0. The minimum Gasteiger partial charge on any atom is -0.378 e. The summed E-state index contributed by atoms with van der Waals surface area (Å²) in [7, 11) is -1.62. The lowest BCUT2D eigenvalue weighted by atomic mass is 10.2. The first-order valence-corrected chi connectivity index (χ1v) is 8.38. The fourth-order valence-electron chi connectivity index (χ4n) is 2.14. The van der Waals surface area contributed by atoms with E-state index < -0.39 is 10.0 Å². The van der Waals surface area contributed by atoms with Crippen LogP contribution >= 0.6 is 0 Å². The minimum absolute atomic E-state index is 0.191. The van der Waals surface area contributed by atoms with E-state index in [1.165, 1.54) is 6.20 Å². The van der Waals surface area contributed by atoms with E-state index in [4.69, 9.17) is 4.74 Å². The second kappa shape index (κ2) is 7.16. The lowest BCUT2D eigenvalue weighted by Gasteiger charge is -2.09. The molecule has 2 N–H and O–H groups in total. The maximum Gasteiger partial charge on any atom is 0.243 e. The van der Waals surface area contributed by atoms with Gasteiger partial charge in [-0.25, -0.2) is 13.1 Å². The second-order valence-corrected chi connectivity index (χ2v) is 6.63. The van der Waals surface area contributed by atoms with E-state index in [0.717, 1.165) is 26.0 Å². The van der Waals surface area contributed by atoms with Crippen LogP contribution in [-0.2, 0) is 21.3 Å². The number of hydrogen-bond acceptors (Lipinski definition) is 5. The molecule has 0 aromatic carbocycles. The van der Waals surface area contributed by atoms with Crippen molar-refractivity contribution in [3.63, 3.8) is 0 Å². The summed E-state index contributed by atoms with van der Waals surface area (Å²) in [5.41, 5.74) is 0. The zero-order valence-electron chi connectivity index (χ0n) is 11.7. The van der Waals surface area contributed by atoms with Crippen LogP contribution in [0.15, 0.2) is 17.3 Å². The monoisotopic (exact) mass is 302 g/mol. The molecule has 8 heteroatoms. The van der Waals surface area contributed by atoms with Gasteiger partial charge in [-0.2, -0.15) is 5.10 Å². The van der Waals surface area contributed by atoms with Crippen LogP contribution in [0.1, 0.15) is 19.3 Å². The predicted octanol–water partition coefficient (Wildman–Crippen LogP) is -0.0501. The molecule has 0 saturated carbocycles. The molecule has 114 valence electrons. The first-order valence-electron chi connectivity index (χ1n) is 6.90. The van der Waals surface area contributed by atoms with Crippen molar-refractivity contribution in [1.82, 2.24) is 19.8 Å². The Kier molecular flexibility index (Phi) is 5.53. The molecule has 0 bridgehead atoms. The molecule has 0 spiro atoms. The molecule has 1 aliphatic heterocycles. The van der Waals surface area contributed by atoms with Gasteiger partial charge in [-0.05, 0) is 26.3 Å². The molecule has 2 rings (SSSR count). The van der Waals surface area contributed by atoms with Gasteiger partial charge in [0.2, 0.25) is 10.0 Å². The van der Waals surface area contributed by atoms with Crippen molar-refractivity contribution in [3.05, 3.63) is 12.4 Å². The SMILES string of the molecule is CNCCn1cc(S(=O)(=O)NCCC2CCCO2)cn1. The van der Waals surface area contributed by atoms with Crippen molar-refractivity contribution in [2.75, 3.05) is 26.7 Å². The molecule has 0 aliphatic carbocycles. The molecule has 0 radical (unpaired) electrons. The summed E-state index contributed by atoms with van der Waals surface area (Å²) in [6.07, 6.45) is 5.92. The third-order valence-electron chi connectivity index (χ3n) is 3.29. The smallest absolute Gasteiger partial charge is 0.243 e. The zero-order valence-corrected chi connectivity index (χ0v) is 12.5. The number of likely N-dealkylation sites (N-methyl/N-ethyl adjacent to an activating group) is 1. The maximum absolute atomic E-state index is 12.1. The van der Waals surface area contributed by atoms with Gasteiger partial charge in [-0.1, -0.05) is 0 Å². The highest BCUT2D eigenvalue weighted by Crippen LogP contribution is 2.15. The number of sulfonamides is 1. The standard InChI is InChI=1S/C12H22N4O3S/c1-13-6-7-16-10-12(9-14-16)20(17,18)15-5-4-11-3-2-8-19-11/h9-11,13,15H,2-8H2,1H3. The molecule has 1 aliphatic rings. The largest absolute Gasteiger partial charge is 0.378 e. The van der Waals surface area contributed by atoms with E-state index >= 15 is 0 Å². The van der Waals surface area contributed by atoms with Crippen molar-refractivity contribution in [2.45, 2.75) is 36.8 Å². The van der Waals surface area contributed by atoms with Gasteiger partial charge in [0, 0.05) is 25.9 Å². The Labute approximate surface area is 119 Å². The van der Waals surface area contributed by atoms with E-state index in [1.54, 1.807) is 10.9 Å². The van der Waals surface area contributed by atoms with Crippen molar-refractivity contribution >= 4 is 10.0 Å². The molecule has 1 fully saturated rings. The van der Waals surface area contributed by atoms with Crippen LogP contribution in [0.4, 0.5) is 0 Å². The van der Waals surface area contributed by atoms with Crippen LogP contribution in [0.3, 0.4) is 0 Å². The summed E-state index contributed by atoms with van der Waals surface area (Å²) in [5, 5.41) is 7.03. The van der Waals surface area contributed by atoms with Gasteiger partial charge in [-0.15, -0.1) is 0 Å².